The molecule has 1 aromatic carbocycles. The predicted octanol–water partition coefficient (Wildman–Crippen LogP) is 4.46. The maximum Gasteiger partial charge on any atom is -0.00140 e. The molecule has 1 heteroatoms. The average Bonchev–Trinajstić information content (AvgIpc) is 2.34. The van der Waals surface area contributed by atoms with E-state index in [0.717, 1.165) is 25.4 Å². The van der Waals surface area contributed by atoms with Crippen molar-refractivity contribution >= 4 is 6.08 Å². The van der Waals surface area contributed by atoms with E-state index >= 15 is 0 Å². The molecule has 1 nitrogen and oxygen atoms in total. The highest BCUT2D eigenvalue weighted by Crippen LogP contribution is 2.15. The van der Waals surface area contributed by atoms with E-state index in [0.29, 0.717) is 5.92 Å². The number of hydrogen-bond acceptors (Lipinski definition) is 1. The highest BCUT2D eigenvalue weighted by Gasteiger charge is 1.96. The van der Waals surface area contributed by atoms with Crippen molar-refractivity contribution in [2.24, 2.45) is 5.92 Å². The lowest BCUT2D eigenvalue weighted by molar-refractivity contribution is 0.557. The monoisotopic (exact) mass is 245 g/mol. The van der Waals surface area contributed by atoms with Crippen molar-refractivity contribution in [2.45, 2.75) is 40.0 Å². The van der Waals surface area contributed by atoms with Gasteiger partial charge < -0.3 is 5.32 Å². The molecule has 18 heavy (non-hydrogen) atoms. The van der Waals surface area contributed by atoms with Gasteiger partial charge in [-0.1, -0.05) is 64.1 Å². The van der Waals surface area contributed by atoms with Gasteiger partial charge in [0.05, 0.1) is 0 Å². The summed E-state index contributed by atoms with van der Waals surface area (Å²) in [6.45, 7) is 11.1. The van der Waals surface area contributed by atoms with Gasteiger partial charge in [0.25, 0.3) is 0 Å². The Hall–Kier alpha value is -1.08. The van der Waals surface area contributed by atoms with Crippen molar-refractivity contribution in [3.05, 3.63) is 41.5 Å². The first-order valence-electron chi connectivity index (χ1n) is 7.07. The van der Waals surface area contributed by atoms with Crippen molar-refractivity contribution in [3.63, 3.8) is 0 Å². The zero-order valence-electron chi connectivity index (χ0n) is 12.2. The largest absolute Gasteiger partial charge is 0.316 e. The zero-order chi connectivity index (χ0) is 13.4. The maximum atomic E-state index is 3.44. The van der Waals surface area contributed by atoms with Crippen LogP contribution in [0.5, 0.6) is 0 Å². The molecular formula is C17H27N. The van der Waals surface area contributed by atoms with Crippen LogP contribution in [0.2, 0.25) is 0 Å². The first-order valence-corrected chi connectivity index (χ1v) is 7.07. The van der Waals surface area contributed by atoms with Gasteiger partial charge >= 0.3 is 0 Å². The second-order valence-corrected chi connectivity index (χ2v) is 5.61. The Balaban J connectivity index is 2.29. The average molecular weight is 245 g/mol. The third-order valence-electron chi connectivity index (χ3n) is 2.95. The highest BCUT2D eigenvalue weighted by atomic mass is 14.8. The molecule has 0 aromatic heterocycles. The van der Waals surface area contributed by atoms with Gasteiger partial charge in [-0.15, -0.1) is 0 Å². The van der Waals surface area contributed by atoms with Crippen LogP contribution in [0, 0.1) is 5.92 Å². The van der Waals surface area contributed by atoms with E-state index in [4.69, 9.17) is 0 Å². The van der Waals surface area contributed by atoms with Crippen LogP contribution in [-0.4, -0.2) is 13.1 Å². The van der Waals surface area contributed by atoms with Crippen LogP contribution < -0.4 is 5.32 Å². The first kappa shape index (κ1) is 15.0. The number of rotatable bonds is 7. The third kappa shape index (κ3) is 6.02. The minimum atomic E-state index is 0.614. The molecular weight excluding hydrogens is 218 g/mol. The van der Waals surface area contributed by atoms with Crippen molar-refractivity contribution in [1.82, 2.24) is 5.32 Å². The molecule has 0 aliphatic carbocycles. The molecule has 0 radical (unpaired) electrons. The predicted molar refractivity (Wildman–Crippen MR) is 81.9 cm³/mol. The number of hydrogen-bond donors (Lipinski definition) is 1. The van der Waals surface area contributed by atoms with Gasteiger partial charge in [0.15, 0.2) is 0 Å². The zero-order valence-corrected chi connectivity index (χ0v) is 12.2. The molecule has 0 spiro atoms. The molecule has 0 fully saturated rings. The molecule has 0 aliphatic rings. The Kier molecular flexibility index (Phi) is 6.74. The second-order valence-electron chi connectivity index (χ2n) is 5.61. The summed E-state index contributed by atoms with van der Waals surface area (Å²) in [7, 11) is 0. The van der Waals surface area contributed by atoms with E-state index in [9.17, 15) is 0 Å². The molecule has 1 aromatic rings. The normalized spacial score (nSPS) is 11.9. The van der Waals surface area contributed by atoms with Crippen LogP contribution in [0.15, 0.2) is 30.3 Å². The van der Waals surface area contributed by atoms with Crippen LogP contribution >= 0.6 is 0 Å². The van der Waals surface area contributed by atoms with Gasteiger partial charge in [0, 0.05) is 0 Å². The van der Waals surface area contributed by atoms with E-state index < -0.39 is 0 Å². The smallest absolute Gasteiger partial charge is 0.00140 e. The number of benzene rings is 1. The molecule has 0 aliphatic heterocycles. The fourth-order valence-corrected chi connectivity index (χ4v) is 1.79. The van der Waals surface area contributed by atoms with Crippen molar-refractivity contribution < 1.29 is 0 Å². The molecule has 0 saturated heterocycles. The van der Waals surface area contributed by atoms with Crippen LogP contribution in [0.4, 0.5) is 0 Å². The highest BCUT2D eigenvalue weighted by molar-refractivity contribution is 5.49. The van der Waals surface area contributed by atoms with Crippen LogP contribution in [0.3, 0.4) is 0 Å². The van der Waals surface area contributed by atoms with E-state index in [1.54, 1.807) is 0 Å². The Morgan fingerprint density at radius 2 is 1.72 bits per heavy atom. The Labute approximate surface area is 112 Å². The van der Waals surface area contributed by atoms with Gasteiger partial charge in [-0.3, -0.25) is 0 Å². The fraction of sp³-hybridized carbons (Fsp3) is 0.529. The molecule has 100 valence electrons. The van der Waals surface area contributed by atoms with Gasteiger partial charge in [-0.05, 0) is 42.5 Å². The van der Waals surface area contributed by atoms with E-state index in [-0.39, 0.29) is 0 Å². The molecule has 1 rings (SSSR count). The molecule has 0 atom stereocenters. The molecule has 0 unspecified atom stereocenters. The molecule has 0 bridgehead atoms. The minimum absolute atomic E-state index is 0.614. The summed E-state index contributed by atoms with van der Waals surface area (Å²) in [5.74, 6) is 1.35. The summed E-state index contributed by atoms with van der Waals surface area (Å²) in [6, 6.07) is 8.85. The van der Waals surface area contributed by atoms with E-state index in [1.807, 2.05) is 0 Å². The molecule has 0 amide bonds. The fourth-order valence-electron chi connectivity index (χ4n) is 1.79. The van der Waals surface area contributed by atoms with Crippen molar-refractivity contribution in [1.29, 1.82) is 0 Å². The van der Waals surface area contributed by atoms with E-state index in [2.05, 4.69) is 69.4 Å². The van der Waals surface area contributed by atoms with E-state index in [1.165, 1.54) is 11.1 Å². The summed E-state index contributed by atoms with van der Waals surface area (Å²) >= 11 is 0. The number of nitrogens with one attached hydrogen (secondary N) is 1. The Bertz CT molecular complexity index is 346. The lowest BCUT2D eigenvalue weighted by Crippen LogP contribution is -2.20. The van der Waals surface area contributed by atoms with Crippen LogP contribution in [0.25, 0.3) is 6.08 Å². The van der Waals surface area contributed by atoms with Gasteiger partial charge in [0.1, 0.15) is 0 Å². The molecule has 1 N–H and O–H groups in total. The molecule has 0 saturated carbocycles. The van der Waals surface area contributed by atoms with Crippen LogP contribution in [-0.2, 0) is 0 Å². The topological polar surface area (TPSA) is 12.0 Å². The standard InChI is InChI=1S/C17H27N/c1-14(2)13-18-12-6-5-7-16-8-10-17(11-9-16)15(3)4/h5,7-11,14-15,18H,6,12-13H2,1-4H3. The lowest BCUT2D eigenvalue weighted by atomic mass is 10.0. The van der Waals surface area contributed by atoms with Gasteiger partial charge in [0.2, 0.25) is 0 Å². The Morgan fingerprint density at radius 3 is 2.28 bits per heavy atom. The van der Waals surface area contributed by atoms with Gasteiger partial charge in [-0.25, -0.2) is 0 Å². The van der Waals surface area contributed by atoms with Crippen molar-refractivity contribution in [2.75, 3.05) is 13.1 Å². The summed E-state index contributed by atoms with van der Waals surface area (Å²) in [4.78, 5) is 0. The quantitative estimate of drug-likeness (QED) is 0.699. The Morgan fingerprint density at radius 1 is 1.06 bits per heavy atom. The maximum absolute atomic E-state index is 3.44. The summed E-state index contributed by atoms with van der Waals surface area (Å²) in [5.41, 5.74) is 2.70. The van der Waals surface area contributed by atoms with Crippen LogP contribution in [0.1, 0.15) is 51.2 Å². The lowest BCUT2D eigenvalue weighted by Gasteiger charge is -2.05. The third-order valence-corrected chi connectivity index (χ3v) is 2.95. The molecule has 0 heterocycles. The van der Waals surface area contributed by atoms with Crippen molar-refractivity contribution in [3.8, 4) is 0 Å². The summed E-state index contributed by atoms with van der Waals surface area (Å²) in [5, 5.41) is 3.44. The minimum Gasteiger partial charge on any atom is -0.316 e. The van der Waals surface area contributed by atoms with Gasteiger partial charge in [-0.2, -0.15) is 0 Å². The summed E-state index contributed by atoms with van der Waals surface area (Å²) in [6.07, 6.45) is 5.55. The SMILES string of the molecule is CC(C)CNCCC=Cc1ccc(C(C)C)cc1. The first-order chi connectivity index (χ1) is 8.59. The second kappa shape index (κ2) is 8.10. The summed E-state index contributed by atoms with van der Waals surface area (Å²) < 4.78 is 0.